The second kappa shape index (κ2) is 7.44. The largest absolute Gasteiger partial charge is 0.495 e. The van der Waals surface area contributed by atoms with Crippen LogP contribution in [0.3, 0.4) is 0 Å². The van der Waals surface area contributed by atoms with Gasteiger partial charge in [-0.15, -0.1) is 0 Å². The lowest BCUT2D eigenvalue weighted by Gasteiger charge is -2.32. The predicted octanol–water partition coefficient (Wildman–Crippen LogP) is 4.58. The van der Waals surface area contributed by atoms with E-state index < -0.39 is 0 Å². The number of nitrogens with zero attached hydrogens (tertiary/aromatic N) is 1. The summed E-state index contributed by atoms with van der Waals surface area (Å²) in [7, 11) is 1.61. The minimum Gasteiger partial charge on any atom is -0.495 e. The highest BCUT2D eigenvalue weighted by molar-refractivity contribution is 5.28. The number of aromatic nitrogens is 1. The SMILES string of the molecule is COc1cncc(OCC2CCCCC2c2ccccc2F)c1. The Balaban J connectivity index is 1.70. The predicted molar refractivity (Wildman–Crippen MR) is 87.4 cm³/mol. The molecule has 1 aliphatic carbocycles. The molecule has 3 nitrogen and oxygen atoms in total. The first-order valence-corrected chi connectivity index (χ1v) is 8.14. The molecule has 122 valence electrons. The summed E-state index contributed by atoms with van der Waals surface area (Å²) in [5, 5.41) is 0. The van der Waals surface area contributed by atoms with E-state index >= 15 is 0 Å². The number of halogens is 1. The van der Waals surface area contributed by atoms with Crippen LogP contribution in [-0.2, 0) is 0 Å². The van der Waals surface area contributed by atoms with Crippen LogP contribution in [-0.4, -0.2) is 18.7 Å². The molecule has 1 fully saturated rings. The topological polar surface area (TPSA) is 31.4 Å². The third kappa shape index (κ3) is 3.81. The van der Waals surface area contributed by atoms with Gasteiger partial charge in [-0.05, 0) is 36.3 Å². The fourth-order valence-corrected chi connectivity index (χ4v) is 3.39. The Morgan fingerprint density at radius 2 is 1.91 bits per heavy atom. The second-order valence-corrected chi connectivity index (χ2v) is 6.04. The van der Waals surface area contributed by atoms with Crippen LogP contribution in [0.4, 0.5) is 4.39 Å². The first kappa shape index (κ1) is 15.8. The van der Waals surface area contributed by atoms with E-state index in [9.17, 15) is 4.39 Å². The Hall–Kier alpha value is -2.10. The Bertz CT molecular complexity index is 647. The molecule has 0 spiro atoms. The van der Waals surface area contributed by atoms with Crippen molar-refractivity contribution in [3.05, 3.63) is 54.1 Å². The zero-order chi connectivity index (χ0) is 16.1. The van der Waals surface area contributed by atoms with Crippen LogP contribution in [0.1, 0.15) is 37.2 Å². The van der Waals surface area contributed by atoms with Crippen LogP contribution >= 0.6 is 0 Å². The van der Waals surface area contributed by atoms with Gasteiger partial charge in [0.2, 0.25) is 0 Å². The van der Waals surface area contributed by atoms with Gasteiger partial charge in [0.25, 0.3) is 0 Å². The van der Waals surface area contributed by atoms with E-state index in [4.69, 9.17) is 9.47 Å². The summed E-state index contributed by atoms with van der Waals surface area (Å²) in [6.45, 7) is 0.577. The van der Waals surface area contributed by atoms with E-state index in [0.717, 1.165) is 24.8 Å². The molecular formula is C19H22FNO2. The fraction of sp³-hybridized carbons (Fsp3) is 0.421. The molecule has 0 aliphatic heterocycles. The molecule has 0 radical (unpaired) electrons. The van der Waals surface area contributed by atoms with Crippen molar-refractivity contribution in [1.29, 1.82) is 0 Å². The monoisotopic (exact) mass is 315 g/mol. The molecule has 0 amide bonds. The molecular weight excluding hydrogens is 293 g/mol. The molecule has 1 heterocycles. The smallest absolute Gasteiger partial charge is 0.141 e. The maximum atomic E-state index is 14.1. The average molecular weight is 315 g/mol. The van der Waals surface area contributed by atoms with Crippen LogP contribution in [0, 0.1) is 11.7 Å². The zero-order valence-corrected chi connectivity index (χ0v) is 13.4. The number of rotatable bonds is 5. The molecule has 3 rings (SSSR count). The van der Waals surface area contributed by atoms with E-state index in [-0.39, 0.29) is 11.7 Å². The third-order valence-electron chi connectivity index (χ3n) is 4.60. The maximum absolute atomic E-state index is 14.1. The molecule has 0 bridgehead atoms. The Kier molecular flexibility index (Phi) is 5.11. The van der Waals surface area contributed by atoms with Gasteiger partial charge in [-0.25, -0.2) is 4.39 Å². The van der Waals surface area contributed by atoms with Crippen molar-refractivity contribution in [2.45, 2.75) is 31.6 Å². The van der Waals surface area contributed by atoms with E-state index in [1.54, 1.807) is 31.6 Å². The molecule has 0 N–H and O–H groups in total. The van der Waals surface area contributed by atoms with E-state index in [2.05, 4.69) is 4.98 Å². The summed E-state index contributed by atoms with van der Waals surface area (Å²) in [6, 6.07) is 8.94. The van der Waals surface area contributed by atoms with Crippen molar-refractivity contribution < 1.29 is 13.9 Å². The molecule has 2 aromatic rings. The van der Waals surface area contributed by atoms with Crippen molar-refractivity contribution >= 4 is 0 Å². The summed E-state index contributed by atoms with van der Waals surface area (Å²) in [6.07, 6.45) is 7.74. The molecule has 2 unspecified atom stereocenters. The average Bonchev–Trinajstić information content (AvgIpc) is 2.61. The van der Waals surface area contributed by atoms with E-state index in [1.165, 1.54) is 6.42 Å². The number of hydrogen-bond acceptors (Lipinski definition) is 3. The first-order chi connectivity index (χ1) is 11.3. The standard InChI is InChI=1S/C19H22FNO2/c1-22-15-10-16(12-21-11-15)23-13-14-6-2-3-7-17(14)18-8-4-5-9-19(18)20/h4-5,8-12,14,17H,2-3,6-7,13H2,1H3. The first-order valence-electron chi connectivity index (χ1n) is 8.14. The Morgan fingerprint density at radius 3 is 2.74 bits per heavy atom. The third-order valence-corrected chi connectivity index (χ3v) is 4.60. The van der Waals surface area contributed by atoms with Gasteiger partial charge in [0.15, 0.2) is 0 Å². The summed E-state index contributed by atoms with van der Waals surface area (Å²) < 4.78 is 25.2. The number of pyridine rings is 1. The Labute approximate surface area is 136 Å². The molecule has 2 atom stereocenters. The van der Waals surface area contributed by atoms with Gasteiger partial charge in [-0.2, -0.15) is 0 Å². The van der Waals surface area contributed by atoms with Gasteiger partial charge < -0.3 is 9.47 Å². The van der Waals surface area contributed by atoms with Crippen LogP contribution in [0.15, 0.2) is 42.7 Å². The molecule has 1 aliphatic rings. The van der Waals surface area contributed by atoms with Crippen molar-refractivity contribution in [3.8, 4) is 11.5 Å². The van der Waals surface area contributed by atoms with Crippen LogP contribution in [0.5, 0.6) is 11.5 Å². The Morgan fingerprint density at radius 1 is 1.13 bits per heavy atom. The molecule has 1 aromatic heterocycles. The summed E-state index contributed by atoms with van der Waals surface area (Å²) in [5.41, 5.74) is 0.824. The lowest BCUT2D eigenvalue weighted by molar-refractivity contribution is 0.183. The minimum absolute atomic E-state index is 0.104. The minimum atomic E-state index is -0.104. The second-order valence-electron chi connectivity index (χ2n) is 6.04. The summed E-state index contributed by atoms with van der Waals surface area (Å²) >= 11 is 0. The van der Waals surface area contributed by atoms with Gasteiger partial charge in [0, 0.05) is 6.07 Å². The van der Waals surface area contributed by atoms with Gasteiger partial charge >= 0.3 is 0 Å². The highest BCUT2D eigenvalue weighted by Gasteiger charge is 2.28. The molecule has 1 aromatic carbocycles. The van der Waals surface area contributed by atoms with E-state index in [1.807, 2.05) is 18.2 Å². The highest BCUT2D eigenvalue weighted by Crippen LogP contribution is 2.39. The van der Waals surface area contributed by atoms with Gasteiger partial charge in [0.05, 0.1) is 26.1 Å². The zero-order valence-electron chi connectivity index (χ0n) is 13.4. The van der Waals surface area contributed by atoms with Gasteiger partial charge in [-0.3, -0.25) is 4.98 Å². The summed E-state index contributed by atoms with van der Waals surface area (Å²) in [5.74, 6) is 1.82. The molecule has 0 saturated heterocycles. The van der Waals surface area contributed by atoms with Crippen molar-refractivity contribution in [2.75, 3.05) is 13.7 Å². The highest BCUT2D eigenvalue weighted by atomic mass is 19.1. The maximum Gasteiger partial charge on any atom is 0.141 e. The quantitative estimate of drug-likeness (QED) is 0.809. The van der Waals surface area contributed by atoms with Crippen LogP contribution in [0.25, 0.3) is 0 Å². The van der Waals surface area contributed by atoms with Crippen molar-refractivity contribution in [2.24, 2.45) is 5.92 Å². The summed E-state index contributed by atoms with van der Waals surface area (Å²) in [4.78, 5) is 4.10. The number of benzene rings is 1. The fourth-order valence-electron chi connectivity index (χ4n) is 3.39. The van der Waals surface area contributed by atoms with Crippen LogP contribution in [0.2, 0.25) is 0 Å². The van der Waals surface area contributed by atoms with Gasteiger partial charge in [-0.1, -0.05) is 31.0 Å². The molecule has 23 heavy (non-hydrogen) atoms. The number of methoxy groups -OCH3 is 1. The van der Waals surface area contributed by atoms with Crippen molar-refractivity contribution in [3.63, 3.8) is 0 Å². The van der Waals surface area contributed by atoms with Gasteiger partial charge in [0.1, 0.15) is 17.3 Å². The number of hydrogen-bond donors (Lipinski definition) is 0. The van der Waals surface area contributed by atoms with Crippen LogP contribution < -0.4 is 9.47 Å². The van der Waals surface area contributed by atoms with E-state index in [0.29, 0.717) is 24.0 Å². The molecule has 1 saturated carbocycles. The lowest BCUT2D eigenvalue weighted by atomic mass is 9.75. The lowest BCUT2D eigenvalue weighted by Crippen LogP contribution is -2.24. The number of ether oxygens (including phenoxy) is 2. The normalized spacial score (nSPS) is 21.0. The van der Waals surface area contributed by atoms with Crippen molar-refractivity contribution in [1.82, 2.24) is 4.98 Å². The molecule has 4 heteroatoms.